The van der Waals surface area contributed by atoms with Crippen LogP contribution in [-0.4, -0.2) is 16.9 Å². The molecular weight excluding hydrogens is 286 g/mol. The monoisotopic (exact) mass is 301 g/mol. The van der Waals surface area contributed by atoms with Crippen LogP contribution < -0.4 is 20.1 Å². The van der Waals surface area contributed by atoms with Crippen molar-refractivity contribution in [2.24, 2.45) is 0 Å². The number of hydrogen-bond donors (Lipinski definition) is 2. The van der Waals surface area contributed by atoms with Crippen LogP contribution >= 0.6 is 12.2 Å². The second-order valence-corrected chi connectivity index (χ2v) is 5.08. The fourth-order valence-corrected chi connectivity index (χ4v) is 2.37. The first kappa shape index (κ1) is 13.6. The van der Waals surface area contributed by atoms with Crippen molar-refractivity contribution in [2.45, 2.75) is 13.0 Å². The van der Waals surface area contributed by atoms with Crippen molar-refractivity contribution >= 4 is 23.0 Å². The summed E-state index contributed by atoms with van der Waals surface area (Å²) in [6, 6.07) is 9.65. The Morgan fingerprint density at radius 2 is 1.95 bits per heavy atom. The topological polar surface area (TPSA) is 55.4 Å². The normalized spacial score (nSPS) is 13.6. The maximum absolute atomic E-state index is 5.34. The summed E-state index contributed by atoms with van der Waals surface area (Å²) in [7, 11) is 0. The number of ether oxygens (including phenoxy) is 2. The molecule has 0 aliphatic carbocycles. The van der Waals surface area contributed by atoms with E-state index in [1.165, 1.54) is 0 Å². The minimum absolute atomic E-state index is 0.0991. The number of fused-ring (bicyclic) bond motifs is 1. The molecule has 0 saturated carbocycles. The van der Waals surface area contributed by atoms with Crippen LogP contribution in [0, 0.1) is 0 Å². The number of nitrogens with zero attached hydrogens (tertiary/aromatic N) is 1. The van der Waals surface area contributed by atoms with Gasteiger partial charge in [-0.15, -0.1) is 0 Å². The van der Waals surface area contributed by atoms with Crippen molar-refractivity contribution in [1.82, 2.24) is 10.3 Å². The fourth-order valence-electron chi connectivity index (χ4n) is 2.07. The van der Waals surface area contributed by atoms with E-state index in [4.69, 9.17) is 21.7 Å². The zero-order chi connectivity index (χ0) is 14.7. The number of thiocarbonyl (C=S) groups is 1. The van der Waals surface area contributed by atoms with Gasteiger partial charge in [-0.25, -0.2) is 0 Å². The summed E-state index contributed by atoms with van der Waals surface area (Å²) < 4.78 is 10.6. The molecule has 2 N–H and O–H groups in total. The maximum atomic E-state index is 5.34. The summed E-state index contributed by atoms with van der Waals surface area (Å²) in [5.41, 5.74) is 1.98. The predicted molar refractivity (Wildman–Crippen MR) is 84.6 cm³/mol. The molecule has 1 aliphatic heterocycles. The van der Waals surface area contributed by atoms with E-state index in [1.807, 2.05) is 37.3 Å². The number of hydrogen-bond acceptors (Lipinski definition) is 4. The fraction of sp³-hybridized carbons (Fsp3) is 0.200. The Hall–Kier alpha value is -2.34. The molecule has 21 heavy (non-hydrogen) atoms. The predicted octanol–water partition coefficient (Wildman–Crippen LogP) is 2.86. The van der Waals surface area contributed by atoms with Crippen molar-refractivity contribution in [3.8, 4) is 11.5 Å². The van der Waals surface area contributed by atoms with Gasteiger partial charge in [0.1, 0.15) is 0 Å². The third kappa shape index (κ3) is 3.22. The van der Waals surface area contributed by atoms with Gasteiger partial charge in [0, 0.05) is 24.1 Å². The van der Waals surface area contributed by atoms with E-state index in [9.17, 15) is 0 Å². The smallest absolute Gasteiger partial charge is 0.231 e. The largest absolute Gasteiger partial charge is 0.454 e. The van der Waals surface area contributed by atoms with Crippen molar-refractivity contribution < 1.29 is 9.47 Å². The molecule has 108 valence electrons. The molecule has 0 unspecified atom stereocenters. The summed E-state index contributed by atoms with van der Waals surface area (Å²) >= 11 is 5.33. The van der Waals surface area contributed by atoms with E-state index < -0.39 is 0 Å². The first-order valence-corrected chi connectivity index (χ1v) is 7.00. The van der Waals surface area contributed by atoms with Crippen LogP contribution in [0.1, 0.15) is 18.5 Å². The summed E-state index contributed by atoms with van der Waals surface area (Å²) in [5.74, 6) is 1.48. The van der Waals surface area contributed by atoms with Crippen molar-refractivity contribution in [1.29, 1.82) is 0 Å². The van der Waals surface area contributed by atoms with Gasteiger partial charge in [0.15, 0.2) is 16.6 Å². The molecule has 0 amide bonds. The van der Waals surface area contributed by atoms with E-state index in [0.717, 1.165) is 22.7 Å². The highest BCUT2D eigenvalue weighted by Gasteiger charge is 2.14. The number of nitrogens with one attached hydrogen (secondary N) is 2. The lowest BCUT2D eigenvalue weighted by Crippen LogP contribution is -2.30. The average Bonchev–Trinajstić information content (AvgIpc) is 2.95. The molecule has 3 rings (SSSR count). The average molecular weight is 301 g/mol. The molecule has 0 bridgehead atoms. The minimum Gasteiger partial charge on any atom is -0.454 e. The molecule has 0 saturated heterocycles. The van der Waals surface area contributed by atoms with Crippen LogP contribution in [0.4, 0.5) is 5.69 Å². The third-order valence-corrected chi connectivity index (χ3v) is 3.40. The lowest BCUT2D eigenvalue weighted by atomic mass is 10.1. The molecule has 1 aromatic heterocycles. The quantitative estimate of drug-likeness (QED) is 0.850. The second-order valence-electron chi connectivity index (χ2n) is 4.67. The second kappa shape index (κ2) is 5.97. The number of rotatable bonds is 3. The van der Waals surface area contributed by atoms with Gasteiger partial charge < -0.3 is 20.1 Å². The van der Waals surface area contributed by atoms with Gasteiger partial charge in [0.25, 0.3) is 0 Å². The van der Waals surface area contributed by atoms with Gasteiger partial charge in [-0.05, 0) is 49.0 Å². The van der Waals surface area contributed by atoms with Crippen LogP contribution in [0.2, 0.25) is 0 Å². The van der Waals surface area contributed by atoms with Gasteiger partial charge >= 0.3 is 0 Å². The lowest BCUT2D eigenvalue weighted by Gasteiger charge is -2.17. The Kier molecular flexibility index (Phi) is 3.87. The van der Waals surface area contributed by atoms with Gasteiger partial charge in [0.2, 0.25) is 6.79 Å². The Bertz CT molecular complexity index is 649. The minimum atomic E-state index is 0.0991. The molecule has 1 aromatic carbocycles. The highest BCUT2D eigenvalue weighted by molar-refractivity contribution is 7.80. The summed E-state index contributed by atoms with van der Waals surface area (Å²) in [6.07, 6.45) is 3.53. The van der Waals surface area contributed by atoms with Crippen molar-refractivity contribution in [3.05, 3.63) is 48.3 Å². The molecule has 0 radical (unpaired) electrons. The number of benzene rings is 1. The molecule has 2 heterocycles. The Morgan fingerprint density at radius 1 is 1.19 bits per heavy atom. The number of aromatic nitrogens is 1. The van der Waals surface area contributed by atoms with E-state index in [0.29, 0.717) is 5.11 Å². The molecule has 6 heteroatoms. The molecule has 1 aliphatic rings. The summed E-state index contributed by atoms with van der Waals surface area (Å²) in [4.78, 5) is 4.01. The highest BCUT2D eigenvalue weighted by atomic mass is 32.1. The zero-order valence-corrected chi connectivity index (χ0v) is 12.3. The molecule has 1 atom stereocenters. The van der Waals surface area contributed by atoms with Gasteiger partial charge in [-0.1, -0.05) is 0 Å². The molecule has 2 aromatic rings. The standard InChI is InChI=1S/C15H15N3O2S/c1-10(11-4-6-16-7-5-11)17-15(21)18-12-2-3-13-14(8-12)20-9-19-13/h2-8,10H,9H2,1H3,(H2,17,18,21)/t10-/m0/s1. The van der Waals surface area contributed by atoms with Gasteiger partial charge in [-0.3, -0.25) is 4.98 Å². The van der Waals surface area contributed by atoms with Crippen LogP contribution in [0.3, 0.4) is 0 Å². The van der Waals surface area contributed by atoms with Crippen LogP contribution in [0.5, 0.6) is 11.5 Å². The van der Waals surface area contributed by atoms with E-state index in [2.05, 4.69) is 15.6 Å². The Balaban J connectivity index is 1.61. The van der Waals surface area contributed by atoms with Crippen LogP contribution in [0.25, 0.3) is 0 Å². The van der Waals surface area contributed by atoms with Crippen molar-refractivity contribution in [2.75, 3.05) is 12.1 Å². The zero-order valence-electron chi connectivity index (χ0n) is 11.5. The van der Waals surface area contributed by atoms with E-state index >= 15 is 0 Å². The third-order valence-electron chi connectivity index (χ3n) is 3.18. The van der Waals surface area contributed by atoms with E-state index in [1.54, 1.807) is 12.4 Å². The Labute approximate surface area is 128 Å². The molecular formula is C15H15N3O2S. The van der Waals surface area contributed by atoms with Crippen LogP contribution in [-0.2, 0) is 0 Å². The highest BCUT2D eigenvalue weighted by Crippen LogP contribution is 2.34. The lowest BCUT2D eigenvalue weighted by molar-refractivity contribution is 0.174. The first-order valence-electron chi connectivity index (χ1n) is 6.59. The Morgan fingerprint density at radius 3 is 2.76 bits per heavy atom. The number of pyridine rings is 1. The molecule has 0 spiro atoms. The number of anilines is 1. The van der Waals surface area contributed by atoms with E-state index in [-0.39, 0.29) is 12.8 Å². The van der Waals surface area contributed by atoms with Gasteiger partial charge in [0.05, 0.1) is 6.04 Å². The summed E-state index contributed by atoms with van der Waals surface area (Å²) in [5, 5.41) is 6.93. The molecule has 5 nitrogen and oxygen atoms in total. The van der Waals surface area contributed by atoms with Crippen molar-refractivity contribution in [3.63, 3.8) is 0 Å². The first-order chi connectivity index (χ1) is 10.2. The SMILES string of the molecule is C[C@H](NC(=S)Nc1ccc2c(c1)OCO2)c1ccncc1. The molecule has 0 fully saturated rings. The summed E-state index contributed by atoms with van der Waals surface area (Å²) in [6.45, 7) is 2.31. The van der Waals surface area contributed by atoms with Crippen LogP contribution in [0.15, 0.2) is 42.7 Å². The van der Waals surface area contributed by atoms with Gasteiger partial charge in [-0.2, -0.15) is 0 Å². The maximum Gasteiger partial charge on any atom is 0.231 e.